The van der Waals surface area contributed by atoms with E-state index >= 15 is 0 Å². The zero-order chi connectivity index (χ0) is 22.5. The average molecular weight is 424 g/mol. The molecule has 166 valence electrons. The summed E-state index contributed by atoms with van der Waals surface area (Å²) in [6, 6.07) is 2.44. The first-order valence-electron chi connectivity index (χ1n) is 9.73. The van der Waals surface area contributed by atoms with E-state index in [0.29, 0.717) is 25.9 Å². The number of ether oxygens (including phenoxy) is 4. The van der Waals surface area contributed by atoms with Gasteiger partial charge in [0, 0.05) is 32.0 Å². The minimum absolute atomic E-state index is 0.173. The number of esters is 1. The Morgan fingerprint density at radius 2 is 1.83 bits per heavy atom. The number of carbonyl (C=O) groups is 2. The van der Waals surface area contributed by atoms with Crippen molar-refractivity contribution in [3.8, 4) is 11.5 Å². The zero-order valence-corrected chi connectivity index (χ0v) is 17.9. The van der Waals surface area contributed by atoms with Crippen molar-refractivity contribution < 1.29 is 33.5 Å². The molecule has 1 aromatic rings. The number of nitro groups is 1. The van der Waals surface area contributed by atoms with Crippen molar-refractivity contribution in [2.45, 2.75) is 52.2 Å². The van der Waals surface area contributed by atoms with Gasteiger partial charge in [-0.05, 0) is 27.7 Å². The molecule has 0 unspecified atom stereocenters. The molecule has 0 radical (unpaired) electrons. The molecule has 0 saturated carbocycles. The van der Waals surface area contributed by atoms with Gasteiger partial charge in [-0.25, -0.2) is 9.59 Å². The molecule has 0 N–H and O–H groups in total. The molecule has 0 spiro atoms. The summed E-state index contributed by atoms with van der Waals surface area (Å²) in [6.45, 7) is 8.32. The van der Waals surface area contributed by atoms with E-state index in [9.17, 15) is 19.7 Å². The highest BCUT2D eigenvalue weighted by molar-refractivity contribution is 5.95. The maximum Gasteiger partial charge on any atom is 0.410 e. The van der Waals surface area contributed by atoms with E-state index < -0.39 is 22.2 Å². The van der Waals surface area contributed by atoms with Crippen molar-refractivity contribution in [1.82, 2.24) is 4.90 Å². The van der Waals surface area contributed by atoms with Crippen LogP contribution in [-0.4, -0.2) is 60.4 Å². The highest BCUT2D eigenvalue weighted by Gasteiger charge is 2.30. The number of nitrogens with zero attached hydrogens (tertiary/aromatic N) is 2. The molecule has 2 rings (SSSR count). The first kappa shape index (κ1) is 23.2. The van der Waals surface area contributed by atoms with E-state index in [-0.39, 0.29) is 35.9 Å². The Bertz CT molecular complexity index is 795. The molecule has 0 bridgehead atoms. The van der Waals surface area contributed by atoms with Crippen LogP contribution < -0.4 is 9.47 Å². The summed E-state index contributed by atoms with van der Waals surface area (Å²) >= 11 is 0. The fourth-order valence-corrected chi connectivity index (χ4v) is 3.00. The summed E-state index contributed by atoms with van der Waals surface area (Å²) < 4.78 is 21.5. The van der Waals surface area contributed by atoms with Crippen LogP contribution in [0.4, 0.5) is 10.5 Å². The van der Waals surface area contributed by atoms with Crippen LogP contribution >= 0.6 is 0 Å². The molecule has 10 nitrogen and oxygen atoms in total. The Hall–Kier alpha value is -3.04. The highest BCUT2D eigenvalue weighted by Crippen LogP contribution is 2.37. The van der Waals surface area contributed by atoms with Crippen molar-refractivity contribution in [3.05, 3.63) is 27.8 Å². The Balaban J connectivity index is 2.17. The number of hydrogen-bond donors (Lipinski definition) is 0. The Morgan fingerprint density at radius 3 is 2.33 bits per heavy atom. The minimum atomic E-state index is -0.839. The molecule has 1 fully saturated rings. The van der Waals surface area contributed by atoms with Gasteiger partial charge in [0.15, 0.2) is 11.5 Å². The Labute approximate surface area is 175 Å². The molecule has 10 heteroatoms. The smallest absolute Gasteiger partial charge is 0.410 e. The van der Waals surface area contributed by atoms with E-state index in [0.717, 1.165) is 7.11 Å². The van der Waals surface area contributed by atoms with Crippen molar-refractivity contribution in [2.24, 2.45) is 0 Å². The quantitative estimate of drug-likeness (QED) is 0.386. The van der Waals surface area contributed by atoms with Gasteiger partial charge in [-0.2, -0.15) is 0 Å². The summed E-state index contributed by atoms with van der Waals surface area (Å²) in [4.78, 5) is 36.5. The molecule has 0 aromatic heterocycles. The molecule has 1 heterocycles. The third kappa shape index (κ3) is 5.98. The summed E-state index contributed by atoms with van der Waals surface area (Å²) in [5.74, 6) is -0.445. The van der Waals surface area contributed by atoms with Gasteiger partial charge in [0.05, 0.1) is 24.7 Å². The topological polar surface area (TPSA) is 117 Å². The average Bonchev–Trinajstić information content (AvgIpc) is 2.67. The number of piperidine rings is 1. The fourth-order valence-electron chi connectivity index (χ4n) is 3.00. The molecule has 1 saturated heterocycles. The summed E-state index contributed by atoms with van der Waals surface area (Å²) in [5.41, 5.74) is -1.20. The van der Waals surface area contributed by atoms with Crippen molar-refractivity contribution in [2.75, 3.05) is 26.8 Å². The highest BCUT2D eigenvalue weighted by atomic mass is 16.6. The van der Waals surface area contributed by atoms with Gasteiger partial charge in [-0.1, -0.05) is 0 Å². The van der Waals surface area contributed by atoms with Crippen LogP contribution in [0.3, 0.4) is 0 Å². The number of rotatable bonds is 6. The summed E-state index contributed by atoms with van der Waals surface area (Å²) in [6.07, 6.45) is 0.444. The van der Waals surface area contributed by atoms with Crippen LogP contribution in [0.1, 0.15) is 50.9 Å². The lowest BCUT2D eigenvalue weighted by molar-refractivity contribution is -0.385. The molecule has 0 atom stereocenters. The Kier molecular flexibility index (Phi) is 7.47. The third-order valence-electron chi connectivity index (χ3n) is 4.35. The van der Waals surface area contributed by atoms with Crippen LogP contribution in [0.25, 0.3) is 0 Å². The lowest BCUT2D eigenvalue weighted by Crippen LogP contribution is -2.44. The van der Waals surface area contributed by atoms with E-state index in [2.05, 4.69) is 4.74 Å². The number of hydrogen-bond acceptors (Lipinski definition) is 8. The maximum absolute atomic E-state index is 12.2. The predicted octanol–water partition coefficient (Wildman–Crippen LogP) is 3.56. The Morgan fingerprint density at radius 1 is 1.20 bits per heavy atom. The predicted molar refractivity (Wildman–Crippen MR) is 107 cm³/mol. The van der Waals surface area contributed by atoms with Crippen LogP contribution in [0.2, 0.25) is 0 Å². The molecular weight excluding hydrogens is 396 g/mol. The number of likely N-dealkylation sites (tertiary alicyclic amines) is 1. The van der Waals surface area contributed by atoms with Gasteiger partial charge < -0.3 is 23.8 Å². The molecule has 1 amide bonds. The number of carbonyl (C=O) groups excluding carboxylic acids is 2. The van der Waals surface area contributed by atoms with Crippen molar-refractivity contribution in [3.63, 3.8) is 0 Å². The second kappa shape index (κ2) is 9.64. The second-order valence-corrected chi connectivity index (χ2v) is 7.78. The van der Waals surface area contributed by atoms with Crippen molar-refractivity contribution >= 4 is 17.7 Å². The van der Waals surface area contributed by atoms with Gasteiger partial charge in [0.25, 0.3) is 5.69 Å². The monoisotopic (exact) mass is 424 g/mol. The lowest BCUT2D eigenvalue weighted by atomic mass is 10.1. The molecular formula is C20H28N2O8. The fraction of sp³-hybridized carbons (Fsp3) is 0.600. The van der Waals surface area contributed by atoms with E-state index in [4.69, 9.17) is 14.2 Å². The van der Waals surface area contributed by atoms with Crippen molar-refractivity contribution in [1.29, 1.82) is 0 Å². The maximum atomic E-state index is 12.2. The van der Waals surface area contributed by atoms with Gasteiger partial charge in [-0.15, -0.1) is 0 Å². The summed E-state index contributed by atoms with van der Waals surface area (Å²) in [5, 5.41) is 11.4. The second-order valence-electron chi connectivity index (χ2n) is 7.78. The molecule has 1 aliphatic heterocycles. The van der Waals surface area contributed by atoms with E-state index in [1.54, 1.807) is 11.8 Å². The van der Waals surface area contributed by atoms with Crippen LogP contribution in [0.5, 0.6) is 11.5 Å². The van der Waals surface area contributed by atoms with Crippen LogP contribution in [0, 0.1) is 10.1 Å². The minimum Gasteiger partial charge on any atom is -0.490 e. The van der Waals surface area contributed by atoms with Gasteiger partial charge in [0.1, 0.15) is 17.3 Å². The molecule has 30 heavy (non-hydrogen) atoms. The van der Waals surface area contributed by atoms with Gasteiger partial charge in [-0.3, -0.25) is 10.1 Å². The van der Waals surface area contributed by atoms with Gasteiger partial charge >= 0.3 is 12.1 Å². The molecule has 0 aliphatic carbocycles. The SMILES string of the molecule is CCOc1cc([N+](=O)[O-])c(C(=O)OC)cc1OC1CCN(C(=O)OC(C)(C)C)CC1. The first-order valence-corrected chi connectivity index (χ1v) is 9.73. The lowest BCUT2D eigenvalue weighted by Gasteiger charge is -2.33. The van der Waals surface area contributed by atoms with Gasteiger partial charge in [0.2, 0.25) is 0 Å². The molecule has 1 aromatic carbocycles. The number of benzene rings is 1. The first-order chi connectivity index (χ1) is 14.1. The largest absolute Gasteiger partial charge is 0.490 e. The summed E-state index contributed by atoms with van der Waals surface area (Å²) in [7, 11) is 1.15. The zero-order valence-electron chi connectivity index (χ0n) is 17.9. The van der Waals surface area contributed by atoms with E-state index in [1.165, 1.54) is 12.1 Å². The normalized spacial score (nSPS) is 14.8. The standard InChI is InChI=1S/C20H28N2O8/c1-6-28-16-12-15(22(25)26)14(18(23)27-5)11-17(16)29-13-7-9-21(10-8-13)19(24)30-20(2,3)4/h11-13H,6-10H2,1-5H3. The number of methoxy groups -OCH3 is 1. The van der Waals surface area contributed by atoms with Crippen LogP contribution in [0.15, 0.2) is 12.1 Å². The number of nitro benzene ring substituents is 1. The number of amides is 1. The van der Waals surface area contributed by atoms with E-state index in [1.807, 2.05) is 20.8 Å². The van der Waals surface area contributed by atoms with Crippen LogP contribution in [-0.2, 0) is 9.47 Å². The molecule has 1 aliphatic rings. The third-order valence-corrected chi connectivity index (χ3v) is 4.35.